The Morgan fingerprint density at radius 1 is 1.43 bits per heavy atom. The topological polar surface area (TPSA) is 107 Å². The van der Waals surface area contributed by atoms with Crippen molar-refractivity contribution >= 4 is 38.9 Å². The van der Waals surface area contributed by atoms with Crippen LogP contribution in [0.2, 0.25) is 5.02 Å². The zero-order valence-corrected chi connectivity index (χ0v) is 17.6. The number of aromatic nitrogens is 1. The fourth-order valence-electron chi connectivity index (χ4n) is 3.56. The van der Waals surface area contributed by atoms with Crippen LogP contribution in [0.5, 0.6) is 5.75 Å². The van der Waals surface area contributed by atoms with Crippen molar-refractivity contribution in [3.8, 4) is 16.2 Å². The van der Waals surface area contributed by atoms with Gasteiger partial charge in [-0.05, 0) is 12.1 Å². The van der Waals surface area contributed by atoms with E-state index in [4.69, 9.17) is 26.8 Å². The SMILES string of the molecule is COc1cncc(-c2cc(Cl)c(C34CCOCC3S(=O)(=O)N(C)C(N)=N4)s2)c1. The van der Waals surface area contributed by atoms with Crippen molar-refractivity contribution in [3.63, 3.8) is 0 Å². The molecule has 2 atom stereocenters. The number of rotatable bonds is 3. The second kappa shape index (κ2) is 6.87. The molecule has 0 saturated carbocycles. The van der Waals surface area contributed by atoms with Crippen molar-refractivity contribution in [3.05, 3.63) is 34.4 Å². The third-order valence-corrected chi connectivity index (χ3v) is 9.08. The van der Waals surface area contributed by atoms with Crippen LogP contribution in [0, 0.1) is 0 Å². The van der Waals surface area contributed by atoms with Gasteiger partial charge in [-0.2, -0.15) is 0 Å². The Kier molecular flexibility index (Phi) is 4.77. The maximum atomic E-state index is 13.0. The maximum Gasteiger partial charge on any atom is 0.245 e. The van der Waals surface area contributed by atoms with Crippen LogP contribution in [0.25, 0.3) is 10.4 Å². The van der Waals surface area contributed by atoms with Crippen LogP contribution in [0.1, 0.15) is 11.3 Å². The number of pyridine rings is 1. The van der Waals surface area contributed by atoms with Crippen LogP contribution in [0.3, 0.4) is 0 Å². The van der Waals surface area contributed by atoms with Gasteiger partial charge in [0.15, 0.2) is 0 Å². The fourth-order valence-corrected chi connectivity index (χ4v) is 7.06. The lowest BCUT2D eigenvalue weighted by Crippen LogP contribution is -2.60. The number of hydrogen-bond donors (Lipinski definition) is 1. The maximum absolute atomic E-state index is 13.0. The van der Waals surface area contributed by atoms with Crippen molar-refractivity contribution in [2.45, 2.75) is 17.2 Å². The molecule has 0 aliphatic carbocycles. The number of thiophene rings is 1. The van der Waals surface area contributed by atoms with E-state index in [0.717, 1.165) is 14.7 Å². The summed E-state index contributed by atoms with van der Waals surface area (Å²) < 4.78 is 37.8. The van der Waals surface area contributed by atoms with Crippen LogP contribution in [0.15, 0.2) is 29.5 Å². The Morgan fingerprint density at radius 3 is 2.96 bits per heavy atom. The first-order chi connectivity index (χ1) is 13.3. The highest BCUT2D eigenvalue weighted by atomic mass is 35.5. The van der Waals surface area contributed by atoms with Crippen LogP contribution in [-0.2, 0) is 20.3 Å². The molecule has 2 aromatic heterocycles. The first-order valence-corrected chi connectivity index (χ1v) is 11.2. The smallest absolute Gasteiger partial charge is 0.245 e. The molecular weight excluding hydrogens is 424 g/mol. The number of sulfonamides is 1. The molecule has 0 aromatic carbocycles. The molecule has 4 heterocycles. The van der Waals surface area contributed by atoms with Crippen LogP contribution in [0.4, 0.5) is 0 Å². The minimum absolute atomic E-state index is 0.0354. The van der Waals surface area contributed by atoms with Crippen molar-refractivity contribution in [1.82, 2.24) is 9.29 Å². The van der Waals surface area contributed by atoms with Gasteiger partial charge in [-0.15, -0.1) is 11.3 Å². The molecule has 8 nitrogen and oxygen atoms in total. The molecule has 0 amide bonds. The monoisotopic (exact) mass is 442 g/mol. The Bertz CT molecular complexity index is 1060. The van der Waals surface area contributed by atoms with Crippen LogP contribution < -0.4 is 10.5 Å². The van der Waals surface area contributed by atoms with Gasteiger partial charge in [0.2, 0.25) is 16.0 Å². The first-order valence-electron chi connectivity index (χ1n) is 8.49. The predicted molar refractivity (Wildman–Crippen MR) is 108 cm³/mol. The molecule has 2 aliphatic heterocycles. The Labute approximate surface area is 172 Å². The Morgan fingerprint density at radius 2 is 2.21 bits per heavy atom. The largest absolute Gasteiger partial charge is 0.495 e. The summed E-state index contributed by atoms with van der Waals surface area (Å²) in [6.07, 6.45) is 3.69. The molecule has 2 aromatic rings. The molecule has 1 saturated heterocycles. The van der Waals surface area contributed by atoms with Crippen molar-refractivity contribution in [2.24, 2.45) is 10.7 Å². The predicted octanol–water partition coefficient (Wildman–Crippen LogP) is 2.05. The second-order valence-corrected chi connectivity index (χ2v) is 10.2. The summed E-state index contributed by atoms with van der Waals surface area (Å²) in [6.45, 7) is 0.407. The molecule has 2 unspecified atom stereocenters. The summed E-state index contributed by atoms with van der Waals surface area (Å²) in [5.74, 6) is 0.571. The quantitative estimate of drug-likeness (QED) is 0.779. The average molecular weight is 443 g/mol. The molecule has 0 bridgehead atoms. The average Bonchev–Trinajstić information content (AvgIpc) is 3.09. The zero-order valence-electron chi connectivity index (χ0n) is 15.3. The lowest BCUT2D eigenvalue weighted by atomic mass is 9.88. The van der Waals surface area contributed by atoms with Gasteiger partial charge in [-0.1, -0.05) is 11.6 Å². The van der Waals surface area contributed by atoms with Gasteiger partial charge >= 0.3 is 0 Å². The number of fused-ring (bicyclic) bond motifs is 1. The van der Waals surface area contributed by atoms with E-state index in [0.29, 0.717) is 28.7 Å². The highest BCUT2D eigenvalue weighted by Gasteiger charge is 2.56. The van der Waals surface area contributed by atoms with Gasteiger partial charge in [-0.25, -0.2) is 17.7 Å². The summed E-state index contributed by atoms with van der Waals surface area (Å²) in [6, 6.07) is 3.65. The molecule has 11 heteroatoms. The van der Waals surface area contributed by atoms with Crippen molar-refractivity contribution in [2.75, 3.05) is 27.4 Å². The van der Waals surface area contributed by atoms with Crippen LogP contribution >= 0.6 is 22.9 Å². The van der Waals surface area contributed by atoms with Gasteiger partial charge in [0.1, 0.15) is 16.5 Å². The minimum atomic E-state index is -3.73. The standard InChI is InChI=1S/C17H19ClN4O4S2/c1-22-16(19)21-17(3-4-26-9-14(17)28(22,23)24)15-12(18)6-13(27-15)10-5-11(25-2)8-20-7-10/h5-8,14H,3-4,9H2,1-2H3,(H2,19,21). The highest BCUT2D eigenvalue weighted by molar-refractivity contribution is 7.90. The molecule has 150 valence electrons. The van der Waals surface area contributed by atoms with E-state index in [2.05, 4.69) is 9.98 Å². The summed E-state index contributed by atoms with van der Waals surface area (Å²) in [4.78, 5) is 10.3. The van der Waals surface area contributed by atoms with Crippen molar-refractivity contribution < 1.29 is 17.9 Å². The van der Waals surface area contributed by atoms with Crippen LogP contribution in [-0.4, -0.2) is 56.3 Å². The number of nitrogens with two attached hydrogens (primary N) is 1. The highest BCUT2D eigenvalue weighted by Crippen LogP contribution is 2.50. The van der Waals surface area contributed by atoms with E-state index in [9.17, 15) is 8.42 Å². The number of aliphatic imine (C=N–C) groups is 1. The fraction of sp³-hybridized carbons (Fsp3) is 0.412. The molecule has 28 heavy (non-hydrogen) atoms. The number of ether oxygens (including phenoxy) is 2. The Hall–Kier alpha value is -1.88. The van der Waals surface area contributed by atoms with E-state index in [1.807, 2.05) is 6.07 Å². The van der Waals surface area contributed by atoms with Crippen molar-refractivity contribution in [1.29, 1.82) is 0 Å². The van der Waals surface area contributed by atoms with E-state index in [-0.39, 0.29) is 12.6 Å². The number of halogens is 1. The van der Waals surface area contributed by atoms with E-state index < -0.39 is 20.8 Å². The summed E-state index contributed by atoms with van der Waals surface area (Å²) in [5, 5.41) is -0.440. The summed E-state index contributed by atoms with van der Waals surface area (Å²) in [7, 11) is -0.764. The molecule has 1 fully saturated rings. The molecule has 2 N–H and O–H groups in total. The molecule has 0 radical (unpaired) electrons. The van der Waals surface area contributed by atoms with Gasteiger partial charge in [-0.3, -0.25) is 4.98 Å². The molecular formula is C17H19ClN4O4S2. The molecule has 2 aliphatic rings. The van der Waals surface area contributed by atoms with Gasteiger partial charge in [0.25, 0.3) is 0 Å². The zero-order chi connectivity index (χ0) is 20.1. The Balaban J connectivity index is 1.88. The lowest BCUT2D eigenvalue weighted by molar-refractivity contribution is 0.0545. The van der Waals surface area contributed by atoms with E-state index in [1.54, 1.807) is 25.6 Å². The number of nitrogens with zero attached hydrogens (tertiary/aromatic N) is 3. The summed E-state index contributed by atoms with van der Waals surface area (Å²) >= 11 is 7.98. The number of guanidine groups is 1. The first kappa shape index (κ1) is 19.4. The minimum Gasteiger partial charge on any atom is -0.495 e. The number of hydrogen-bond acceptors (Lipinski definition) is 8. The third-order valence-electron chi connectivity index (χ3n) is 5.12. The van der Waals surface area contributed by atoms with Gasteiger partial charge < -0.3 is 15.2 Å². The normalized spacial score (nSPS) is 26.5. The second-order valence-electron chi connectivity index (χ2n) is 6.62. The lowest BCUT2D eigenvalue weighted by Gasteiger charge is -2.45. The number of methoxy groups -OCH3 is 1. The van der Waals surface area contributed by atoms with E-state index in [1.165, 1.54) is 18.4 Å². The van der Waals surface area contributed by atoms with E-state index >= 15 is 0 Å². The molecule has 0 spiro atoms. The third kappa shape index (κ3) is 2.86. The van der Waals surface area contributed by atoms with Gasteiger partial charge in [0, 0.05) is 36.7 Å². The molecule has 4 rings (SSSR count). The summed E-state index contributed by atoms with van der Waals surface area (Å²) in [5.41, 5.74) is 5.74. The van der Waals surface area contributed by atoms with Gasteiger partial charge in [0.05, 0.1) is 29.8 Å².